The van der Waals surface area contributed by atoms with Crippen LogP contribution in [-0.4, -0.2) is 30.6 Å². The Kier molecular flexibility index (Phi) is 4.02. The largest absolute Gasteiger partial charge is 0.393 e. The maximum absolute atomic E-state index is 11.1. The third-order valence-corrected chi connectivity index (χ3v) is 3.87. The Morgan fingerprint density at radius 1 is 1.39 bits per heavy atom. The van der Waals surface area contributed by atoms with Crippen LogP contribution in [0.3, 0.4) is 0 Å². The van der Waals surface area contributed by atoms with Crippen LogP contribution in [0.15, 0.2) is 18.2 Å². The number of carbonyl (C=O) groups excluding carboxylic acids is 1. The Balaban J connectivity index is 2.12. The molecule has 1 aromatic rings. The van der Waals surface area contributed by atoms with Gasteiger partial charge in [-0.25, -0.2) is 0 Å². The smallest absolute Gasteiger partial charge is 0.152 e. The summed E-state index contributed by atoms with van der Waals surface area (Å²) in [7, 11) is 0. The van der Waals surface area contributed by atoms with Crippen molar-refractivity contribution in [3.63, 3.8) is 0 Å². The van der Waals surface area contributed by atoms with Crippen molar-refractivity contribution in [1.29, 1.82) is 0 Å². The fourth-order valence-corrected chi connectivity index (χ4v) is 2.68. The summed E-state index contributed by atoms with van der Waals surface area (Å²) in [5, 5.41) is 9.60. The zero-order valence-electron chi connectivity index (χ0n) is 11.1. The van der Waals surface area contributed by atoms with Gasteiger partial charge < -0.3 is 10.0 Å². The monoisotopic (exact) mass is 247 g/mol. The van der Waals surface area contributed by atoms with E-state index in [0.717, 1.165) is 49.0 Å². The number of hydrogen-bond acceptors (Lipinski definition) is 3. The maximum Gasteiger partial charge on any atom is 0.152 e. The van der Waals surface area contributed by atoms with Crippen LogP contribution in [0.25, 0.3) is 0 Å². The van der Waals surface area contributed by atoms with Gasteiger partial charge in [-0.2, -0.15) is 0 Å². The summed E-state index contributed by atoms with van der Waals surface area (Å²) in [5.41, 5.74) is 2.91. The summed E-state index contributed by atoms with van der Waals surface area (Å²) >= 11 is 0. The molecule has 1 N–H and O–H groups in total. The molecule has 3 nitrogen and oxygen atoms in total. The zero-order chi connectivity index (χ0) is 13.1. The second kappa shape index (κ2) is 5.53. The van der Waals surface area contributed by atoms with Gasteiger partial charge in [-0.05, 0) is 44.7 Å². The predicted octanol–water partition coefficient (Wildman–Crippen LogP) is 2.40. The Hall–Kier alpha value is -1.35. The van der Waals surface area contributed by atoms with Crippen LogP contribution in [0, 0.1) is 12.8 Å². The van der Waals surface area contributed by atoms with Crippen LogP contribution in [-0.2, 0) is 0 Å². The lowest BCUT2D eigenvalue weighted by Crippen LogP contribution is -2.37. The van der Waals surface area contributed by atoms with Crippen molar-refractivity contribution in [3.05, 3.63) is 29.3 Å². The SMILES string of the molecule is Cc1ccc(N2CCC(C(C)O)CC2)c(C=O)c1. The van der Waals surface area contributed by atoms with E-state index < -0.39 is 0 Å². The molecule has 3 heteroatoms. The van der Waals surface area contributed by atoms with Gasteiger partial charge in [0.25, 0.3) is 0 Å². The van der Waals surface area contributed by atoms with E-state index in [0.29, 0.717) is 5.92 Å². The molecule has 0 saturated carbocycles. The van der Waals surface area contributed by atoms with Gasteiger partial charge in [0.1, 0.15) is 0 Å². The second-order valence-corrected chi connectivity index (χ2v) is 5.25. The van der Waals surface area contributed by atoms with Gasteiger partial charge in [0.05, 0.1) is 6.10 Å². The average molecular weight is 247 g/mol. The standard InChI is InChI=1S/C15H21NO2/c1-11-3-4-15(14(9-11)10-17)16-7-5-13(6-8-16)12(2)18/h3-4,9-10,12-13,18H,5-8H2,1-2H3. The molecule has 0 aliphatic carbocycles. The van der Waals surface area contributed by atoms with E-state index in [1.165, 1.54) is 0 Å². The first-order valence-electron chi connectivity index (χ1n) is 6.60. The van der Waals surface area contributed by atoms with Gasteiger partial charge >= 0.3 is 0 Å². The number of aliphatic hydroxyl groups is 1. The van der Waals surface area contributed by atoms with E-state index >= 15 is 0 Å². The molecule has 2 rings (SSSR count). The average Bonchev–Trinajstić information content (AvgIpc) is 2.38. The lowest BCUT2D eigenvalue weighted by molar-refractivity contribution is 0.109. The number of carbonyl (C=O) groups is 1. The van der Waals surface area contributed by atoms with E-state index in [9.17, 15) is 9.90 Å². The molecular weight excluding hydrogens is 226 g/mol. The van der Waals surface area contributed by atoms with E-state index in [1.54, 1.807) is 0 Å². The Morgan fingerprint density at radius 3 is 2.61 bits per heavy atom. The molecule has 1 unspecified atom stereocenters. The lowest BCUT2D eigenvalue weighted by Gasteiger charge is -2.35. The highest BCUT2D eigenvalue weighted by Gasteiger charge is 2.23. The molecule has 18 heavy (non-hydrogen) atoms. The van der Waals surface area contributed by atoms with Crippen molar-refractivity contribution in [2.24, 2.45) is 5.92 Å². The summed E-state index contributed by atoms with van der Waals surface area (Å²) in [4.78, 5) is 13.4. The van der Waals surface area contributed by atoms with Crippen molar-refractivity contribution in [2.45, 2.75) is 32.8 Å². The number of aldehydes is 1. The Morgan fingerprint density at radius 2 is 2.06 bits per heavy atom. The number of hydrogen-bond donors (Lipinski definition) is 1. The van der Waals surface area contributed by atoms with Crippen LogP contribution in [0.5, 0.6) is 0 Å². The van der Waals surface area contributed by atoms with Crippen molar-refractivity contribution in [3.8, 4) is 0 Å². The number of aliphatic hydroxyl groups excluding tert-OH is 1. The Labute approximate surface area is 108 Å². The van der Waals surface area contributed by atoms with Gasteiger partial charge in [0.15, 0.2) is 6.29 Å². The lowest BCUT2D eigenvalue weighted by atomic mass is 9.91. The molecule has 1 saturated heterocycles. The van der Waals surface area contributed by atoms with Gasteiger partial charge in [0, 0.05) is 24.3 Å². The molecule has 0 bridgehead atoms. The molecule has 0 amide bonds. The van der Waals surface area contributed by atoms with E-state index in [4.69, 9.17) is 0 Å². The van der Waals surface area contributed by atoms with E-state index in [2.05, 4.69) is 4.90 Å². The van der Waals surface area contributed by atoms with Crippen LogP contribution in [0.2, 0.25) is 0 Å². The normalized spacial score (nSPS) is 18.7. The molecule has 1 fully saturated rings. The number of rotatable bonds is 3. The third-order valence-electron chi connectivity index (χ3n) is 3.87. The number of nitrogens with zero attached hydrogens (tertiary/aromatic N) is 1. The Bertz CT molecular complexity index is 421. The minimum atomic E-state index is -0.226. The zero-order valence-corrected chi connectivity index (χ0v) is 11.1. The predicted molar refractivity (Wildman–Crippen MR) is 73.2 cm³/mol. The number of benzene rings is 1. The second-order valence-electron chi connectivity index (χ2n) is 5.25. The third kappa shape index (κ3) is 2.72. The van der Waals surface area contributed by atoms with Crippen molar-refractivity contribution in [2.75, 3.05) is 18.0 Å². The summed E-state index contributed by atoms with van der Waals surface area (Å²) in [5.74, 6) is 0.395. The summed E-state index contributed by atoms with van der Waals surface area (Å²) in [6, 6.07) is 6.01. The van der Waals surface area contributed by atoms with Crippen LogP contribution < -0.4 is 4.90 Å². The number of piperidine rings is 1. The van der Waals surface area contributed by atoms with E-state index in [-0.39, 0.29) is 6.10 Å². The van der Waals surface area contributed by atoms with Crippen LogP contribution in [0.4, 0.5) is 5.69 Å². The summed E-state index contributed by atoms with van der Waals surface area (Å²) in [6.07, 6.45) is 2.69. The van der Waals surface area contributed by atoms with Gasteiger partial charge in [-0.1, -0.05) is 11.6 Å². The molecule has 0 spiro atoms. The van der Waals surface area contributed by atoms with Gasteiger partial charge in [-0.15, -0.1) is 0 Å². The highest BCUT2D eigenvalue weighted by Crippen LogP contribution is 2.27. The first kappa shape index (κ1) is 13.1. The number of anilines is 1. The van der Waals surface area contributed by atoms with Gasteiger partial charge in [0.2, 0.25) is 0 Å². The minimum absolute atomic E-state index is 0.226. The number of aryl methyl sites for hydroxylation is 1. The highest BCUT2D eigenvalue weighted by atomic mass is 16.3. The minimum Gasteiger partial charge on any atom is -0.393 e. The quantitative estimate of drug-likeness (QED) is 0.834. The van der Waals surface area contributed by atoms with Crippen molar-refractivity contribution in [1.82, 2.24) is 0 Å². The molecular formula is C15H21NO2. The topological polar surface area (TPSA) is 40.5 Å². The molecule has 1 aromatic carbocycles. The molecule has 0 aromatic heterocycles. The van der Waals surface area contributed by atoms with Crippen molar-refractivity contribution < 1.29 is 9.90 Å². The fourth-order valence-electron chi connectivity index (χ4n) is 2.68. The van der Waals surface area contributed by atoms with E-state index in [1.807, 2.05) is 32.0 Å². The highest BCUT2D eigenvalue weighted by molar-refractivity contribution is 5.85. The van der Waals surface area contributed by atoms with Crippen LogP contribution >= 0.6 is 0 Å². The molecule has 1 atom stereocenters. The molecule has 98 valence electrons. The fraction of sp³-hybridized carbons (Fsp3) is 0.533. The first-order chi connectivity index (χ1) is 8.61. The molecule has 1 aliphatic heterocycles. The first-order valence-corrected chi connectivity index (χ1v) is 6.60. The van der Waals surface area contributed by atoms with Crippen molar-refractivity contribution >= 4 is 12.0 Å². The molecule has 0 radical (unpaired) electrons. The maximum atomic E-state index is 11.1. The molecule has 1 heterocycles. The van der Waals surface area contributed by atoms with Crippen LogP contribution in [0.1, 0.15) is 35.7 Å². The summed E-state index contributed by atoms with van der Waals surface area (Å²) in [6.45, 7) is 5.69. The summed E-state index contributed by atoms with van der Waals surface area (Å²) < 4.78 is 0. The molecule has 1 aliphatic rings. The van der Waals surface area contributed by atoms with Gasteiger partial charge in [-0.3, -0.25) is 4.79 Å².